The van der Waals surface area contributed by atoms with E-state index in [1.807, 2.05) is 67.6 Å². The predicted octanol–water partition coefficient (Wildman–Crippen LogP) is 5.47. The molecule has 0 saturated carbocycles. The SMILES string of the molecule is CCCCCOc1ccc(/C=N\Nc2cc(-c3ccccc3)nc(C)n2)cc1. The predicted molar refractivity (Wildman–Crippen MR) is 115 cm³/mol. The van der Waals surface area contributed by atoms with E-state index in [-0.39, 0.29) is 0 Å². The second kappa shape index (κ2) is 10.2. The highest BCUT2D eigenvalue weighted by atomic mass is 16.5. The molecule has 144 valence electrons. The van der Waals surface area contributed by atoms with E-state index in [4.69, 9.17) is 4.74 Å². The molecule has 0 saturated heterocycles. The highest BCUT2D eigenvalue weighted by Crippen LogP contribution is 2.19. The van der Waals surface area contributed by atoms with Crippen molar-refractivity contribution >= 4 is 12.0 Å². The second-order valence-electron chi connectivity index (χ2n) is 6.55. The lowest BCUT2D eigenvalue weighted by molar-refractivity contribution is 0.306. The first-order chi connectivity index (χ1) is 13.7. The van der Waals surface area contributed by atoms with Crippen LogP contribution in [0.5, 0.6) is 5.75 Å². The van der Waals surface area contributed by atoms with Gasteiger partial charge in [-0.2, -0.15) is 5.10 Å². The van der Waals surface area contributed by atoms with Crippen LogP contribution in [0.15, 0.2) is 65.8 Å². The van der Waals surface area contributed by atoms with Gasteiger partial charge in [0.15, 0.2) is 0 Å². The Balaban J connectivity index is 1.59. The molecule has 3 rings (SSSR count). The zero-order valence-corrected chi connectivity index (χ0v) is 16.4. The molecule has 0 aliphatic carbocycles. The molecule has 2 aromatic carbocycles. The van der Waals surface area contributed by atoms with E-state index in [1.165, 1.54) is 12.8 Å². The van der Waals surface area contributed by atoms with Gasteiger partial charge >= 0.3 is 0 Å². The summed E-state index contributed by atoms with van der Waals surface area (Å²) in [6.45, 7) is 4.83. The molecule has 1 heterocycles. The maximum absolute atomic E-state index is 5.73. The first kappa shape index (κ1) is 19.5. The van der Waals surface area contributed by atoms with Crippen LogP contribution in [0.4, 0.5) is 5.82 Å². The van der Waals surface area contributed by atoms with E-state index in [1.54, 1.807) is 6.21 Å². The Morgan fingerprint density at radius 2 is 1.79 bits per heavy atom. The van der Waals surface area contributed by atoms with Crippen LogP contribution in [0.2, 0.25) is 0 Å². The average molecular weight is 374 g/mol. The lowest BCUT2D eigenvalue weighted by atomic mass is 10.1. The molecule has 5 heteroatoms. The number of aryl methyl sites for hydroxylation is 1. The standard InChI is InChI=1S/C23H26N4O/c1-3-4-8-15-28-21-13-11-19(12-14-21)17-24-27-23-16-22(25-18(2)26-23)20-9-6-5-7-10-20/h5-7,9-14,16-17H,3-4,8,15H2,1-2H3,(H,25,26,27)/b24-17-. The summed E-state index contributed by atoms with van der Waals surface area (Å²) in [6, 6.07) is 19.8. The van der Waals surface area contributed by atoms with E-state index in [2.05, 4.69) is 27.4 Å². The summed E-state index contributed by atoms with van der Waals surface area (Å²) < 4.78 is 5.73. The van der Waals surface area contributed by atoms with Gasteiger partial charge in [-0.3, -0.25) is 5.43 Å². The van der Waals surface area contributed by atoms with Crippen LogP contribution in [0.25, 0.3) is 11.3 Å². The van der Waals surface area contributed by atoms with E-state index < -0.39 is 0 Å². The van der Waals surface area contributed by atoms with Crippen LogP contribution in [0.3, 0.4) is 0 Å². The van der Waals surface area contributed by atoms with Gasteiger partial charge in [0, 0.05) is 11.6 Å². The van der Waals surface area contributed by atoms with Crippen LogP contribution >= 0.6 is 0 Å². The van der Waals surface area contributed by atoms with Gasteiger partial charge in [0.25, 0.3) is 0 Å². The van der Waals surface area contributed by atoms with E-state index in [9.17, 15) is 0 Å². The molecule has 0 aliphatic heterocycles. The maximum Gasteiger partial charge on any atom is 0.150 e. The van der Waals surface area contributed by atoms with Gasteiger partial charge in [-0.15, -0.1) is 0 Å². The average Bonchev–Trinajstić information content (AvgIpc) is 2.73. The third-order valence-corrected chi connectivity index (χ3v) is 4.20. The number of hydrogen-bond acceptors (Lipinski definition) is 5. The fourth-order valence-corrected chi connectivity index (χ4v) is 2.75. The third kappa shape index (κ3) is 5.91. The Hall–Kier alpha value is -3.21. The van der Waals surface area contributed by atoms with E-state index >= 15 is 0 Å². The second-order valence-corrected chi connectivity index (χ2v) is 6.55. The number of rotatable bonds is 9. The van der Waals surface area contributed by atoms with Gasteiger partial charge in [-0.05, 0) is 43.2 Å². The summed E-state index contributed by atoms with van der Waals surface area (Å²) in [5, 5.41) is 4.30. The number of nitrogens with zero attached hydrogens (tertiary/aromatic N) is 3. The maximum atomic E-state index is 5.73. The molecule has 0 amide bonds. The zero-order chi connectivity index (χ0) is 19.6. The van der Waals surface area contributed by atoms with Crippen molar-refractivity contribution in [2.45, 2.75) is 33.1 Å². The Labute approximate surface area is 166 Å². The Morgan fingerprint density at radius 1 is 1.00 bits per heavy atom. The quantitative estimate of drug-likeness (QED) is 0.307. The zero-order valence-electron chi connectivity index (χ0n) is 16.4. The molecule has 0 bridgehead atoms. The fourth-order valence-electron chi connectivity index (χ4n) is 2.75. The van der Waals surface area contributed by atoms with Gasteiger partial charge in [0.1, 0.15) is 17.4 Å². The van der Waals surface area contributed by atoms with Crippen LogP contribution in [0, 0.1) is 6.92 Å². The number of ether oxygens (including phenoxy) is 1. The molecule has 0 fully saturated rings. The lowest BCUT2D eigenvalue weighted by Crippen LogP contribution is -1.99. The minimum Gasteiger partial charge on any atom is -0.494 e. The van der Waals surface area contributed by atoms with Crippen LogP contribution < -0.4 is 10.2 Å². The molecule has 0 radical (unpaired) electrons. The Morgan fingerprint density at radius 3 is 2.54 bits per heavy atom. The first-order valence-electron chi connectivity index (χ1n) is 9.67. The fraction of sp³-hybridized carbons (Fsp3) is 0.261. The summed E-state index contributed by atoms with van der Waals surface area (Å²) >= 11 is 0. The normalized spacial score (nSPS) is 10.9. The van der Waals surface area contributed by atoms with Crippen molar-refractivity contribution in [2.24, 2.45) is 5.10 Å². The first-order valence-corrected chi connectivity index (χ1v) is 9.67. The van der Waals surface area contributed by atoms with E-state index in [0.717, 1.165) is 35.6 Å². The van der Waals surface area contributed by atoms with E-state index in [0.29, 0.717) is 11.6 Å². The minimum atomic E-state index is 0.665. The summed E-state index contributed by atoms with van der Waals surface area (Å²) in [7, 11) is 0. The highest BCUT2D eigenvalue weighted by molar-refractivity contribution is 5.80. The smallest absolute Gasteiger partial charge is 0.150 e. The van der Waals surface area contributed by atoms with Crippen LogP contribution in [0.1, 0.15) is 37.6 Å². The van der Waals surface area contributed by atoms with Gasteiger partial charge in [-0.1, -0.05) is 50.1 Å². The van der Waals surface area contributed by atoms with Crippen molar-refractivity contribution in [3.8, 4) is 17.0 Å². The van der Waals surface area contributed by atoms with Gasteiger partial charge in [0.2, 0.25) is 0 Å². The van der Waals surface area contributed by atoms with Gasteiger partial charge in [-0.25, -0.2) is 9.97 Å². The van der Waals surface area contributed by atoms with Crippen LogP contribution in [-0.4, -0.2) is 22.8 Å². The molecule has 1 N–H and O–H groups in total. The number of unbranched alkanes of at least 4 members (excludes halogenated alkanes) is 2. The molecule has 0 aliphatic rings. The molecule has 0 unspecified atom stereocenters. The largest absolute Gasteiger partial charge is 0.494 e. The molecule has 5 nitrogen and oxygen atoms in total. The van der Waals surface area contributed by atoms with Crippen molar-refractivity contribution in [3.05, 3.63) is 72.1 Å². The van der Waals surface area contributed by atoms with Crippen molar-refractivity contribution in [1.29, 1.82) is 0 Å². The molecular formula is C23H26N4O. The van der Waals surface area contributed by atoms with Crippen molar-refractivity contribution in [2.75, 3.05) is 12.0 Å². The molecule has 0 spiro atoms. The Bertz CT molecular complexity index is 892. The molecule has 0 atom stereocenters. The number of benzene rings is 2. The number of hydrazone groups is 1. The topological polar surface area (TPSA) is 59.4 Å². The number of nitrogens with one attached hydrogen (secondary N) is 1. The summed E-state index contributed by atoms with van der Waals surface area (Å²) in [5.74, 6) is 2.25. The summed E-state index contributed by atoms with van der Waals surface area (Å²) in [5.41, 5.74) is 5.90. The Kier molecular flexibility index (Phi) is 7.13. The van der Waals surface area contributed by atoms with Crippen molar-refractivity contribution < 1.29 is 4.74 Å². The molecular weight excluding hydrogens is 348 g/mol. The summed E-state index contributed by atoms with van der Waals surface area (Å²) in [4.78, 5) is 8.90. The summed E-state index contributed by atoms with van der Waals surface area (Å²) in [6.07, 6.45) is 5.25. The third-order valence-electron chi connectivity index (χ3n) is 4.20. The molecule has 3 aromatic rings. The lowest BCUT2D eigenvalue weighted by Gasteiger charge is -2.06. The van der Waals surface area contributed by atoms with Crippen molar-refractivity contribution in [1.82, 2.24) is 9.97 Å². The van der Waals surface area contributed by atoms with Crippen LogP contribution in [-0.2, 0) is 0 Å². The highest BCUT2D eigenvalue weighted by Gasteiger charge is 2.03. The van der Waals surface area contributed by atoms with Gasteiger partial charge < -0.3 is 4.74 Å². The number of hydrogen-bond donors (Lipinski definition) is 1. The number of anilines is 1. The molecule has 28 heavy (non-hydrogen) atoms. The monoisotopic (exact) mass is 374 g/mol. The molecule has 1 aromatic heterocycles. The number of aromatic nitrogens is 2. The van der Waals surface area contributed by atoms with Gasteiger partial charge in [0.05, 0.1) is 18.5 Å². The minimum absolute atomic E-state index is 0.665. The van der Waals surface area contributed by atoms with Crippen molar-refractivity contribution in [3.63, 3.8) is 0 Å².